The Balaban J connectivity index is 1.24. The van der Waals surface area contributed by atoms with Gasteiger partial charge < -0.3 is 14.3 Å². The highest BCUT2D eigenvalue weighted by atomic mass is 16.3. The Morgan fingerprint density at radius 3 is 2.31 bits per heavy atom. The van der Waals surface area contributed by atoms with Crippen LogP contribution in [0.1, 0.15) is 44.6 Å². The number of furan rings is 1. The Labute approximate surface area is 304 Å². The lowest BCUT2D eigenvalue weighted by atomic mass is 9.58. The number of anilines is 2. The van der Waals surface area contributed by atoms with E-state index in [0.29, 0.717) is 5.92 Å². The van der Waals surface area contributed by atoms with Crippen molar-refractivity contribution in [3.05, 3.63) is 151 Å². The van der Waals surface area contributed by atoms with Crippen LogP contribution in [0.5, 0.6) is 0 Å². The van der Waals surface area contributed by atoms with Gasteiger partial charge in [0.15, 0.2) is 12.9 Å². The summed E-state index contributed by atoms with van der Waals surface area (Å²) in [5.74, 6) is 0.555. The summed E-state index contributed by atoms with van der Waals surface area (Å²) in [6.07, 6.45) is 3.71. The largest absolute Gasteiger partial charge is 0.454 e. The third-order valence-corrected chi connectivity index (χ3v) is 11.3. The summed E-state index contributed by atoms with van der Waals surface area (Å²) >= 11 is 0. The average molecular weight is 671 g/mol. The molecular weight excluding hydrogens is 631 g/mol. The topological polar surface area (TPSA) is 30.1 Å². The van der Waals surface area contributed by atoms with Crippen molar-refractivity contribution in [1.82, 2.24) is 4.57 Å². The fraction of sp³-hybridized carbons (Fsp3) is 0.125. The molecule has 3 nitrogen and oxygen atoms in total. The normalized spacial score (nSPS) is 12.7. The highest BCUT2D eigenvalue weighted by molar-refractivity contribution is 6.73. The molecule has 0 amide bonds. The zero-order valence-electron chi connectivity index (χ0n) is 29.6. The molecule has 0 spiro atoms. The van der Waals surface area contributed by atoms with E-state index in [4.69, 9.17) is 4.42 Å². The van der Waals surface area contributed by atoms with Crippen LogP contribution in [0.2, 0.25) is 0 Å². The molecule has 0 saturated carbocycles. The summed E-state index contributed by atoms with van der Waals surface area (Å²) in [6, 6.07) is 53.2. The number of para-hydroxylation sites is 2. The minimum Gasteiger partial charge on any atom is -0.454 e. The maximum absolute atomic E-state index is 6.63. The molecule has 0 bridgehead atoms. The number of fused-ring (bicyclic) bond motifs is 8. The predicted octanol–water partition coefficient (Wildman–Crippen LogP) is 11.8. The maximum Gasteiger partial charge on any atom is 0.198 e. The number of aromatic nitrogens is 1. The van der Waals surface area contributed by atoms with Crippen LogP contribution < -0.4 is 16.2 Å². The first-order valence-corrected chi connectivity index (χ1v) is 18.7. The molecule has 1 atom stereocenters. The molecule has 1 N–H and O–H groups in total. The maximum atomic E-state index is 6.63. The molecule has 0 fully saturated rings. The summed E-state index contributed by atoms with van der Waals surface area (Å²) < 4.78 is 9.13. The van der Waals surface area contributed by atoms with Gasteiger partial charge in [0.25, 0.3) is 0 Å². The smallest absolute Gasteiger partial charge is 0.198 e. The fourth-order valence-electron chi connectivity index (χ4n) is 8.62. The standard InChI is InChI=1S/C48H39BN2O/c1-3-4-13-30(2)31-22-25-35(26-23-31)50-41-27-24-33-16-8-9-17-36(33)44(41)39-28-34(32-14-6-5-7-15-32)29-42-45(39)49-40-20-12-19-38-46(40)51(42)47-37-18-10-11-21-43(37)52-48(38)47/h5-12,14-30,49-50H,3-4,13H2,1-2H3. The Bertz CT molecular complexity index is 2790. The molecule has 3 heterocycles. The van der Waals surface area contributed by atoms with Gasteiger partial charge in [-0.15, -0.1) is 0 Å². The van der Waals surface area contributed by atoms with Crippen LogP contribution in [0.4, 0.5) is 11.4 Å². The quantitative estimate of drug-likeness (QED) is 0.163. The number of hydrogen-bond acceptors (Lipinski definition) is 2. The van der Waals surface area contributed by atoms with Gasteiger partial charge in [-0.3, -0.25) is 0 Å². The molecule has 1 aliphatic rings. The van der Waals surface area contributed by atoms with Crippen LogP contribution in [0, 0.1) is 0 Å². The first-order valence-electron chi connectivity index (χ1n) is 18.7. The first-order chi connectivity index (χ1) is 25.7. The van der Waals surface area contributed by atoms with Gasteiger partial charge in [-0.1, -0.05) is 129 Å². The molecule has 0 aliphatic carbocycles. The van der Waals surface area contributed by atoms with E-state index >= 15 is 0 Å². The summed E-state index contributed by atoms with van der Waals surface area (Å²) in [5, 5.41) is 8.67. The molecule has 10 rings (SSSR count). The molecular formula is C48H39BN2O. The average Bonchev–Trinajstić information content (AvgIpc) is 3.74. The van der Waals surface area contributed by atoms with E-state index in [1.807, 2.05) is 0 Å². The number of benzene rings is 7. The van der Waals surface area contributed by atoms with E-state index in [2.05, 4.69) is 169 Å². The van der Waals surface area contributed by atoms with Crippen LogP contribution in [0.3, 0.4) is 0 Å². The molecule has 4 heteroatoms. The van der Waals surface area contributed by atoms with Crippen molar-refractivity contribution in [1.29, 1.82) is 0 Å². The molecule has 7 aromatic carbocycles. The van der Waals surface area contributed by atoms with E-state index < -0.39 is 0 Å². The van der Waals surface area contributed by atoms with Gasteiger partial charge >= 0.3 is 0 Å². The number of rotatable bonds is 8. The molecule has 1 unspecified atom stereocenters. The lowest BCUT2D eigenvalue weighted by molar-refractivity contribution is 0.624. The molecule has 2 aromatic heterocycles. The fourth-order valence-corrected chi connectivity index (χ4v) is 8.62. The summed E-state index contributed by atoms with van der Waals surface area (Å²) in [5.41, 5.74) is 16.6. The second-order valence-corrected chi connectivity index (χ2v) is 14.5. The van der Waals surface area contributed by atoms with Gasteiger partial charge in [-0.25, -0.2) is 0 Å². The SMILES string of the molecule is CCCCC(C)c1ccc(Nc2ccc3ccccc3c2-c2cc(-c3ccccc3)cc3c2Bc2cccc4c5oc6ccccc6c5n-3c24)cc1. The van der Waals surface area contributed by atoms with Gasteiger partial charge in [-0.05, 0) is 99.4 Å². The molecule has 250 valence electrons. The molecule has 0 radical (unpaired) electrons. The number of nitrogens with zero attached hydrogens (tertiary/aromatic N) is 1. The van der Waals surface area contributed by atoms with Crippen LogP contribution in [-0.4, -0.2) is 11.8 Å². The van der Waals surface area contributed by atoms with Gasteiger partial charge in [0, 0.05) is 33.4 Å². The second-order valence-electron chi connectivity index (χ2n) is 14.5. The molecule has 1 aliphatic heterocycles. The van der Waals surface area contributed by atoms with E-state index in [1.54, 1.807) is 0 Å². The monoisotopic (exact) mass is 670 g/mol. The van der Waals surface area contributed by atoms with Crippen LogP contribution >= 0.6 is 0 Å². The Kier molecular flexibility index (Phi) is 7.31. The Hall–Kier alpha value is -6.00. The summed E-state index contributed by atoms with van der Waals surface area (Å²) in [4.78, 5) is 0. The van der Waals surface area contributed by atoms with Crippen molar-refractivity contribution >= 4 is 73.3 Å². The van der Waals surface area contributed by atoms with Crippen LogP contribution in [0.15, 0.2) is 150 Å². The number of hydrogen-bond donors (Lipinski definition) is 1. The Morgan fingerprint density at radius 1 is 0.692 bits per heavy atom. The molecule has 9 aromatic rings. The lowest BCUT2D eigenvalue weighted by Gasteiger charge is -2.26. The summed E-state index contributed by atoms with van der Waals surface area (Å²) in [6.45, 7) is 4.62. The second kappa shape index (κ2) is 12.3. The van der Waals surface area contributed by atoms with E-state index in [9.17, 15) is 0 Å². The predicted molar refractivity (Wildman–Crippen MR) is 223 cm³/mol. The van der Waals surface area contributed by atoms with E-state index in [-0.39, 0.29) is 0 Å². The van der Waals surface area contributed by atoms with Crippen molar-refractivity contribution in [3.63, 3.8) is 0 Å². The summed E-state index contributed by atoms with van der Waals surface area (Å²) in [7, 11) is 0.828. The minimum atomic E-state index is 0.555. The highest BCUT2D eigenvalue weighted by Crippen LogP contribution is 2.43. The highest BCUT2D eigenvalue weighted by Gasteiger charge is 2.30. The minimum absolute atomic E-state index is 0.555. The van der Waals surface area contributed by atoms with Crippen LogP contribution in [0.25, 0.3) is 71.7 Å². The Morgan fingerprint density at radius 2 is 1.46 bits per heavy atom. The van der Waals surface area contributed by atoms with Gasteiger partial charge in [-0.2, -0.15) is 0 Å². The molecule has 52 heavy (non-hydrogen) atoms. The van der Waals surface area contributed by atoms with Crippen molar-refractivity contribution in [2.24, 2.45) is 0 Å². The third kappa shape index (κ3) is 4.89. The van der Waals surface area contributed by atoms with Gasteiger partial charge in [0.05, 0.1) is 5.52 Å². The van der Waals surface area contributed by atoms with Crippen molar-refractivity contribution < 1.29 is 4.42 Å². The van der Waals surface area contributed by atoms with Crippen molar-refractivity contribution in [3.8, 4) is 27.9 Å². The van der Waals surface area contributed by atoms with Gasteiger partial charge in [0.1, 0.15) is 11.1 Å². The van der Waals surface area contributed by atoms with Crippen molar-refractivity contribution in [2.75, 3.05) is 5.32 Å². The van der Waals surface area contributed by atoms with Crippen LogP contribution in [-0.2, 0) is 0 Å². The van der Waals surface area contributed by atoms with E-state index in [0.717, 1.165) is 40.7 Å². The lowest BCUT2D eigenvalue weighted by Crippen LogP contribution is -2.37. The third-order valence-electron chi connectivity index (χ3n) is 11.3. The molecule has 0 saturated heterocycles. The number of unbranched alkanes of at least 4 members (excludes halogenated alkanes) is 1. The zero-order valence-corrected chi connectivity index (χ0v) is 29.6. The number of nitrogens with one attached hydrogen (secondary N) is 1. The zero-order chi connectivity index (χ0) is 34.8. The van der Waals surface area contributed by atoms with E-state index in [1.165, 1.54) is 85.4 Å². The first kappa shape index (κ1) is 30.8. The van der Waals surface area contributed by atoms with Crippen molar-refractivity contribution in [2.45, 2.75) is 39.0 Å². The van der Waals surface area contributed by atoms with Gasteiger partial charge in [0.2, 0.25) is 0 Å².